The van der Waals surface area contributed by atoms with Gasteiger partial charge in [-0.15, -0.1) is 5.10 Å². The minimum Gasteiger partial charge on any atom is -0.461 e. The van der Waals surface area contributed by atoms with Crippen molar-refractivity contribution in [3.8, 4) is 11.6 Å². The summed E-state index contributed by atoms with van der Waals surface area (Å²) in [6.45, 7) is 12.4. The molecule has 4 aromatic rings. The van der Waals surface area contributed by atoms with E-state index in [4.69, 9.17) is 14.5 Å². The van der Waals surface area contributed by atoms with Crippen molar-refractivity contribution in [3.63, 3.8) is 0 Å². The highest BCUT2D eigenvalue weighted by Crippen LogP contribution is 2.29. The van der Waals surface area contributed by atoms with Gasteiger partial charge >= 0.3 is 0 Å². The molecule has 5 rings (SSSR count). The van der Waals surface area contributed by atoms with Crippen molar-refractivity contribution in [2.24, 2.45) is 0 Å². The largest absolute Gasteiger partial charge is 0.461 e. The van der Waals surface area contributed by atoms with Gasteiger partial charge in [-0.2, -0.15) is 9.50 Å². The molecule has 160 valence electrons. The van der Waals surface area contributed by atoms with Gasteiger partial charge in [0.2, 0.25) is 5.82 Å². The number of nitrogens with zero attached hydrogens (tertiary/aromatic N) is 6. The monoisotopic (exact) mass is 416 g/mol. The maximum Gasteiger partial charge on any atom is 0.255 e. The summed E-state index contributed by atoms with van der Waals surface area (Å²) >= 11 is 0. The molecule has 1 aliphatic rings. The van der Waals surface area contributed by atoms with Gasteiger partial charge in [0.1, 0.15) is 5.82 Å². The van der Waals surface area contributed by atoms with Gasteiger partial charge in [-0.25, -0.2) is 4.98 Å². The van der Waals surface area contributed by atoms with Gasteiger partial charge in [-0.05, 0) is 56.5 Å². The molecule has 0 radical (unpaired) electrons. The molecule has 1 aliphatic heterocycles. The molecular weight excluding hydrogens is 388 g/mol. The SMILES string of the molecule is CCc1c(C)nc2nc(-c3ccco3)nn2c1N1CCN(c2cc(C)ccc2C)CC1. The first kappa shape index (κ1) is 19.6. The van der Waals surface area contributed by atoms with Crippen molar-refractivity contribution in [3.05, 3.63) is 59.0 Å². The minimum atomic E-state index is 0.570. The number of hydrogen-bond acceptors (Lipinski definition) is 6. The van der Waals surface area contributed by atoms with Crippen LogP contribution in [0.15, 0.2) is 41.0 Å². The third kappa shape index (κ3) is 3.44. The highest BCUT2D eigenvalue weighted by molar-refractivity contribution is 5.60. The average Bonchev–Trinajstić information content (AvgIpc) is 3.44. The molecule has 1 fully saturated rings. The predicted molar refractivity (Wildman–Crippen MR) is 123 cm³/mol. The van der Waals surface area contributed by atoms with Crippen molar-refractivity contribution in [1.82, 2.24) is 19.6 Å². The third-order valence-electron chi connectivity index (χ3n) is 6.14. The topological polar surface area (TPSA) is 62.7 Å². The van der Waals surface area contributed by atoms with Crippen LogP contribution in [0.25, 0.3) is 17.4 Å². The van der Waals surface area contributed by atoms with Gasteiger partial charge in [-0.3, -0.25) is 0 Å². The Morgan fingerprint density at radius 2 is 1.74 bits per heavy atom. The van der Waals surface area contributed by atoms with Crippen molar-refractivity contribution < 1.29 is 4.42 Å². The Bertz CT molecular complexity index is 1220. The van der Waals surface area contributed by atoms with E-state index in [0.717, 1.165) is 44.1 Å². The lowest BCUT2D eigenvalue weighted by Gasteiger charge is -2.38. The molecule has 0 aliphatic carbocycles. The highest BCUT2D eigenvalue weighted by atomic mass is 16.3. The van der Waals surface area contributed by atoms with E-state index in [1.165, 1.54) is 22.4 Å². The number of aromatic nitrogens is 4. The predicted octanol–water partition coefficient (Wildman–Crippen LogP) is 4.20. The smallest absolute Gasteiger partial charge is 0.255 e. The molecule has 7 nitrogen and oxygen atoms in total. The van der Waals surface area contributed by atoms with Crippen molar-refractivity contribution >= 4 is 17.3 Å². The summed E-state index contributed by atoms with van der Waals surface area (Å²) < 4.78 is 7.42. The number of rotatable bonds is 4. The molecule has 7 heteroatoms. The maximum atomic E-state index is 5.52. The molecule has 1 aromatic carbocycles. The summed E-state index contributed by atoms with van der Waals surface area (Å²) in [6, 6.07) is 10.4. The van der Waals surface area contributed by atoms with Gasteiger partial charge in [0.05, 0.1) is 6.26 Å². The third-order valence-corrected chi connectivity index (χ3v) is 6.14. The van der Waals surface area contributed by atoms with Crippen LogP contribution >= 0.6 is 0 Å². The lowest BCUT2D eigenvalue weighted by atomic mass is 10.1. The second-order valence-corrected chi connectivity index (χ2v) is 8.24. The van der Waals surface area contributed by atoms with Gasteiger partial charge in [-0.1, -0.05) is 19.1 Å². The van der Waals surface area contributed by atoms with Crippen LogP contribution in [0.2, 0.25) is 0 Å². The zero-order valence-electron chi connectivity index (χ0n) is 18.6. The van der Waals surface area contributed by atoms with Crippen LogP contribution in [-0.4, -0.2) is 45.8 Å². The molecular formula is C24H28N6O. The van der Waals surface area contributed by atoms with Crippen LogP contribution in [0, 0.1) is 20.8 Å². The Labute approximate surface area is 182 Å². The second kappa shape index (κ2) is 7.72. The first-order valence-electron chi connectivity index (χ1n) is 10.9. The zero-order valence-corrected chi connectivity index (χ0v) is 18.6. The van der Waals surface area contributed by atoms with Crippen LogP contribution in [0.3, 0.4) is 0 Å². The van der Waals surface area contributed by atoms with Gasteiger partial charge < -0.3 is 14.2 Å². The van der Waals surface area contributed by atoms with E-state index in [1.807, 2.05) is 16.6 Å². The van der Waals surface area contributed by atoms with Crippen LogP contribution < -0.4 is 9.80 Å². The Balaban J connectivity index is 1.50. The molecule has 4 heterocycles. The fourth-order valence-electron chi connectivity index (χ4n) is 4.49. The number of furan rings is 1. The number of aryl methyl sites for hydroxylation is 3. The molecule has 31 heavy (non-hydrogen) atoms. The molecule has 0 spiro atoms. The number of benzene rings is 1. The normalized spacial score (nSPS) is 14.6. The van der Waals surface area contributed by atoms with Gasteiger partial charge in [0.25, 0.3) is 5.78 Å². The molecule has 0 unspecified atom stereocenters. The summed E-state index contributed by atoms with van der Waals surface area (Å²) in [6.07, 6.45) is 2.54. The summed E-state index contributed by atoms with van der Waals surface area (Å²) in [4.78, 5) is 14.3. The van der Waals surface area contributed by atoms with Crippen molar-refractivity contribution in [2.45, 2.75) is 34.1 Å². The summed E-state index contributed by atoms with van der Waals surface area (Å²) in [5, 5.41) is 4.78. The van der Waals surface area contributed by atoms with E-state index in [9.17, 15) is 0 Å². The van der Waals surface area contributed by atoms with Gasteiger partial charge in [0, 0.05) is 43.1 Å². The summed E-state index contributed by atoms with van der Waals surface area (Å²) in [5.41, 5.74) is 6.21. The Morgan fingerprint density at radius 1 is 0.968 bits per heavy atom. The standard InChI is InChI=1S/C24H28N6O/c1-5-19-18(4)25-24-26-22(21-7-6-14-31-21)27-30(24)23(19)29-12-10-28(11-13-29)20-15-16(2)8-9-17(20)3/h6-9,14-15H,5,10-13H2,1-4H3. The molecule has 0 amide bonds. The highest BCUT2D eigenvalue weighted by Gasteiger charge is 2.25. The number of hydrogen-bond donors (Lipinski definition) is 0. The van der Waals surface area contributed by atoms with E-state index in [1.54, 1.807) is 6.26 Å². The fourth-order valence-corrected chi connectivity index (χ4v) is 4.49. The molecule has 0 saturated carbocycles. The minimum absolute atomic E-state index is 0.570. The fraction of sp³-hybridized carbons (Fsp3) is 0.375. The average molecular weight is 417 g/mol. The summed E-state index contributed by atoms with van der Waals surface area (Å²) in [7, 11) is 0. The molecule has 0 bridgehead atoms. The molecule has 0 atom stereocenters. The van der Waals surface area contributed by atoms with E-state index in [-0.39, 0.29) is 0 Å². The van der Waals surface area contributed by atoms with Crippen molar-refractivity contribution in [2.75, 3.05) is 36.0 Å². The van der Waals surface area contributed by atoms with Crippen LogP contribution in [0.1, 0.15) is 29.3 Å². The van der Waals surface area contributed by atoms with E-state index < -0.39 is 0 Å². The van der Waals surface area contributed by atoms with E-state index >= 15 is 0 Å². The lowest BCUT2D eigenvalue weighted by Crippen LogP contribution is -2.47. The number of piperazine rings is 1. The first-order chi connectivity index (χ1) is 15.0. The lowest BCUT2D eigenvalue weighted by molar-refractivity contribution is 0.577. The van der Waals surface area contributed by atoms with Crippen molar-refractivity contribution in [1.29, 1.82) is 0 Å². The molecule has 1 saturated heterocycles. The number of fused-ring (bicyclic) bond motifs is 1. The zero-order chi connectivity index (χ0) is 21.5. The van der Waals surface area contributed by atoms with Crippen LogP contribution in [0.5, 0.6) is 0 Å². The molecule has 3 aromatic heterocycles. The maximum absolute atomic E-state index is 5.52. The summed E-state index contributed by atoms with van der Waals surface area (Å²) in [5.74, 6) is 2.95. The first-order valence-corrected chi connectivity index (χ1v) is 10.9. The Kier molecular flexibility index (Phi) is 4.88. The number of anilines is 2. The van der Waals surface area contributed by atoms with Crippen LogP contribution in [0.4, 0.5) is 11.5 Å². The van der Waals surface area contributed by atoms with E-state index in [2.05, 4.69) is 60.7 Å². The molecule has 0 N–H and O–H groups in total. The Hall–Kier alpha value is -3.35. The van der Waals surface area contributed by atoms with Gasteiger partial charge in [0.15, 0.2) is 5.76 Å². The Morgan fingerprint density at radius 3 is 2.45 bits per heavy atom. The van der Waals surface area contributed by atoms with E-state index in [0.29, 0.717) is 17.4 Å². The quantitative estimate of drug-likeness (QED) is 0.497. The van der Waals surface area contributed by atoms with Crippen LogP contribution in [-0.2, 0) is 6.42 Å². The second-order valence-electron chi connectivity index (χ2n) is 8.24.